The standard InChI is InChI=1S/C16H18N2O/c1-12-9-13(2)16(18-19-3)14(10-12)11-17-15-7-5-4-6-8-15/h4-11,18H,1-3H3. The van der Waals surface area contributed by atoms with Gasteiger partial charge in [-0.3, -0.25) is 15.3 Å². The minimum Gasteiger partial charge on any atom is -0.279 e. The Labute approximate surface area is 113 Å². The molecule has 19 heavy (non-hydrogen) atoms. The summed E-state index contributed by atoms with van der Waals surface area (Å²) >= 11 is 0. The van der Waals surface area contributed by atoms with Gasteiger partial charge in [0.1, 0.15) is 0 Å². The van der Waals surface area contributed by atoms with Gasteiger partial charge in [0, 0.05) is 11.8 Å². The molecule has 0 aliphatic carbocycles. The highest BCUT2D eigenvalue weighted by Gasteiger charge is 2.05. The summed E-state index contributed by atoms with van der Waals surface area (Å²) in [5, 5.41) is 0. The topological polar surface area (TPSA) is 33.6 Å². The summed E-state index contributed by atoms with van der Waals surface area (Å²) in [6.45, 7) is 4.12. The number of anilines is 1. The van der Waals surface area contributed by atoms with Crippen molar-refractivity contribution in [3.63, 3.8) is 0 Å². The molecule has 0 fully saturated rings. The van der Waals surface area contributed by atoms with Crippen molar-refractivity contribution in [1.29, 1.82) is 0 Å². The maximum Gasteiger partial charge on any atom is 0.0721 e. The first kappa shape index (κ1) is 13.3. The van der Waals surface area contributed by atoms with E-state index in [0.717, 1.165) is 22.5 Å². The first-order chi connectivity index (χ1) is 9.20. The Hall–Kier alpha value is -2.13. The van der Waals surface area contributed by atoms with Gasteiger partial charge in [0.15, 0.2) is 0 Å². The molecule has 0 bridgehead atoms. The van der Waals surface area contributed by atoms with Crippen molar-refractivity contribution in [3.8, 4) is 0 Å². The molecular weight excluding hydrogens is 236 g/mol. The number of aliphatic imine (C=N–C) groups is 1. The number of nitrogens with one attached hydrogen (secondary N) is 1. The number of para-hydroxylation sites is 1. The zero-order valence-corrected chi connectivity index (χ0v) is 11.5. The van der Waals surface area contributed by atoms with Crippen molar-refractivity contribution in [2.75, 3.05) is 12.6 Å². The van der Waals surface area contributed by atoms with Crippen LogP contribution in [0.15, 0.2) is 47.5 Å². The molecule has 0 aromatic heterocycles. The van der Waals surface area contributed by atoms with Crippen molar-refractivity contribution >= 4 is 17.6 Å². The minimum absolute atomic E-state index is 0.935. The second-order valence-electron chi connectivity index (χ2n) is 4.45. The molecule has 0 unspecified atom stereocenters. The van der Waals surface area contributed by atoms with Crippen LogP contribution in [0.3, 0.4) is 0 Å². The fourth-order valence-electron chi connectivity index (χ4n) is 2.00. The fourth-order valence-corrected chi connectivity index (χ4v) is 2.00. The average molecular weight is 254 g/mol. The van der Waals surface area contributed by atoms with Crippen LogP contribution >= 0.6 is 0 Å². The van der Waals surface area contributed by atoms with Crippen LogP contribution in [0.1, 0.15) is 16.7 Å². The molecule has 0 amide bonds. The first-order valence-corrected chi connectivity index (χ1v) is 6.20. The summed E-state index contributed by atoms with van der Waals surface area (Å²) in [6, 6.07) is 14.1. The summed E-state index contributed by atoms with van der Waals surface area (Å²) in [4.78, 5) is 9.51. The van der Waals surface area contributed by atoms with E-state index in [1.807, 2.05) is 43.5 Å². The smallest absolute Gasteiger partial charge is 0.0721 e. The van der Waals surface area contributed by atoms with Gasteiger partial charge in [0.05, 0.1) is 18.5 Å². The SMILES string of the molecule is CONc1c(C)cc(C)cc1C=Nc1ccccc1. The third-order valence-electron chi connectivity index (χ3n) is 2.82. The minimum atomic E-state index is 0.935. The maximum atomic E-state index is 5.03. The zero-order chi connectivity index (χ0) is 13.7. The van der Waals surface area contributed by atoms with Crippen molar-refractivity contribution in [3.05, 3.63) is 59.2 Å². The number of rotatable bonds is 4. The fraction of sp³-hybridized carbons (Fsp3) is 0.188. The highest BCUT2D eigenvalue weighted by molar-refractivity contribution is 5.90. The van der Waals surface area contributed by atoms with E-state index in [1.165, 1.54) is 5.56 Å². The molecular formula is C16H18N2O. The lowest BCUT2D eigenvalue weighted by molar-refractivity contribution is 0.270. The Morgan fingerprint density at radius 3 is 2.53 bits per heavy atom. The molecule has 0 heterocycles. The monoisotopic (exact) mass is 254 g/mol. The Morgan fingerprint density at radius 2 is 1.84 bits per heavy atom. The second-order valence-corrected chi connectivity index (χ2v) is 4.45. The first-order valence-electron chi connectivity index (χ1n) is 6.20. The number of aryl methyl sites for hydroxylation is 2. The summed E-state index contributed by atoms with van der Waals surface area (Å²) in [5.74, 6) is 0. The van der Waals surface area contributed by atoms with Crippen LogP contribution in [-0.4, -0.2) is 13.3 Å². The highest BCUT2D eigenvalue weighted by Crippen LogP contribution is 2.22. The molecule has 0 atom stereocenters. The molecule has 98 valence electrons. The third kappa shape index (κ3) is 3.42. The molecule has 3 nitrogen and oxygen atoms in total. The lowest BCUT2D eigenvalue weighted by atomic mass is 10.1. The molecule has 1 N–H and O–H groups in total. The molecule has 0 saturated carbocycles. The van der Waals surface area contributed by atoms with Crippen LogP contribution in [0, 0.1) is 13.8 Å². The highest BCUT2D eigenvalue weighted by atomic mass is 16.6. The summed E-state index contributed by atoms with van der Waals surface area (Å²) in [7, 11) is 1.61. The van der Waals surface area contributed by atoms with E-state index in [9.17, 15) is 0 Å². The molecule has 2 aromatic rings. The van der Waals surface area contributed by atoms with Crippen LogP contribution in [0.2, 0.25) is 0 Å². The molecule has 0 spiro atoms. The van der Waals surface area contributed by atoms with E-state index in [1.54, 1.807) is 7.11 Å². The molecule has 2 aromatic carbocycles. The van der Waals surface area contributed by atoms with Gasteiger partial charge in [-0.1, -0.05) is 29.8 Å². The van der Waals surface area contributed by atoms with E-state index in [-0.39, 0.29) is 0 Å². The summed E-state index contributed by atoms with van der Waals surface area (Å²) < 4.78 is 0. The van der Waals surface area contributed by atoms with Gasteiger partial charge in [-0.25, -0.2) is 0 Å². The van der Waals surface area contributed by atoms with E-state index in [2.05, 4.69) is 29.5 Å². The van der Waals surface area contributed by atoms with Gasteiger partial charge in [-0.05, 0) is 37.6 Å². The predicted molar refractivity (Wildman–Crippen MR) is 80.2 cm³/mol. The van der Waals surface area contributed by atoms with Gasteiger partial charge in [0.2, 0.25) is 0 Å². The number of benzene rings is 2. The third-order valence-corrected chi connectivity index (χ3v) is 2.82. The lowest BCUT2D eigenvalue weighted by Gasteiger charge is -2.11. The maximum absolute atomic E-state index is 5.03. The van der Waals surface area contributed by atoms with Gasteiger partial charge in [-0.2, -0.15) is 0 Å². The number of hydrogen-bond donors (Lipinski definition) is 1. The van der Waals surface area contributed by atoms with Crippen LogP contribution in [-0.2, 0) is 4.84 Å². The number of hydrogen-bond acceptors (Lipinski definition) is 3. The second kappa shape index (κ2) is 6.16. The Kier molecular flexibility index (Phi) is 4.31. The van der Waals surface area contributed by atoms with Crippen LogP contribution in [0.4, 0.5) is 11.4 Å². The Bertz CT molecular complexity index is 577. The Morgan fingerprint density at radius 1 is 1.11 bits per heavy atom. The zero-order valence-electron chi connectivity index (χ0n) is 11.5. The molecule has 0 saturated heterocycles. The summed E-state index contributed by atoms with van der Waals surface area (Å²) in [6.07, 6.45) is 1.86. The Balaban J connectivity index is 2.36. The van der Waals surface area contributed by atoms with E-state index < -0.39 is 0 Å². The van der Waals surface area contributed by atoms with Gasteiger partial charge >= 0.3 is 0 Å². The van der Waals surface area contributed by atoms with E-state index in [0.29, 0.717) is 0 Å². The van der Waals surface area contributed by atoms with Crippen LogP contribution in [0.25, 0.3) is 0 Å². The molecule has 0 aliphatic heterocycles. The lowest BCUT2D eigenvalue weighted by Crippen LogP contribution is -2.02. The van der Waals surface area contributed by atoms with Crippen molar-refractivity contribution in [1.82, 2.24) is 0 Å². The normalized spacial score (nSPS) is 10.9. The van der Waals surface area contributed by atoms with Crippen LogP contribution < -0.4 is 5.48 Å². The predicted octanol–water partition coefficient (Wildman–Crippen LogP) is 4.03. The van der Waals surface area contributed by atoms with Gasteiger partial charge in [-0.15, -0.1) is 0 Å². The van der Waals surface area contributed by atoms with Gasteiger partial charge in [0.25, 0.3) is 0 Å². The van der Waals surface area contributed by atoms with E-state index in [4.69, 9.17) is 4.84 Å². The number of nitrogens with zero attached hydrogens (tertiary/aromatic N) is 1. The molecule has 0 radical (unpaired) electrons. The van der Waals surface area contributed by atoms with Crippen molar-refractivity contribution in [2.45, 2.75) is 13.8 Å². The molecule has 3 heteroatoms. The van der Waals surface area contributed by atoms with Gasteiger partial charge < -0.3 is 0 Å². The van der Waals surface area contributed by atoms with E-state index >= 15 is 0 Å². The molecule has 0 aliphatic rings. The quantitative estimate of drug-likeness (QED) is 0.660. The molecule has 2 rings (SSSR count). The summed E-state index contributed by atoms with van der Waals surface area (Å²) in [5.41, 5.74) is 8.16. The van der Waals surface area contributed by atoms with Crippen LogP contribution in [0.5, 0.6) is 0 Å². The van der Waals surface area contributed by atoms with Crippen molar-refractivity contribution < 1.29 is 4.84 Å². The average Bonchev–Trinajstić information content (AvgIpc) is 2.41. The largest absolute Gasteiger partial charge is 0.279 e. The van der Waals surface area contributed by atoms with Crippen molar-refractivity contribution in [2.24, 2.45) is 4.99 Å².